The first-order valence-electron chi connectivity index (χ1n) is 4.69. The summed E-state index contributed by atoms with van der Waals surface area (Å²) < 4.78 is 0. The summed E-state index contributed by atoms with van der Waals surface area (Å²) in [5.74, 6) is 0. The lowest BCUT2D eigenvalue weighted by Gasteiger charge is -2.22. The topological polar surface area (TPSA) is 12.9 Å². The van der Waals surface area contributed by atoms with Crippen molar-refractivity contribution >= 4 is 0 Å². The number of allylic oxidation sites excluding steroid dienone is 1. The molecule has 1 aromatic rings. The van der Waals surface area contributed by atoms with Gasteiger partial charge in [-0.15, -0.1) is 6.58 Å². The zero-order valence-corrected chi connectivity index (χ0v) is 8.46. The molecule has 0 aromatic carbocycles. The zero-order valence-electron chi connectivity index (χ0n) is 8.46. The van der Waals surface area contributed by atoms with Crippen molar-refractivity contribution in [3.63, 3.8) is 0 Å². The van der Waals surface area contributed by atoms with E-state index in [0.717, 1.165) is 18.5 Å². The predicted molar refractivity (Wildman–Crippen MR) is 56.7 cm³/mol. The van der Waals surface area contributed by atoms with Gasteiger partial charge in [0.1, 0.15) is 0 Å². The van der Waals surface area contributed by atoms with Gasteiger partial charge in [0, 0.05) is 17.3 Å². The average Bonchev–Trinajstić information content (AvgIpc) is 2.16. The van der Waals surface area contributed by atoms with E-state index in [2.05, 4.69) is 31.5 Å². The fourth-order valence-electron chi connectivity index (χ4n) is 1.35. The molecule has 0 unspecified atom stereocenters. The maximum absolute atomic E-state index is 4.37. The Hall–Kier alpha value is -1.11. The molecule has 0 aliphatic carbocycles. The summed E-state index contributed by atoms with van der Waals surface area (Å²) in [5, 5.41) is 0. The molecule has 0 radical (unpaired) electrons. The van der Waals surface area contributed by atoms with Gasteiger partial charge in [0.25, 0.3) is 0 Å². The summed E-state index contributed by atoms with van der Waals surface area (Å²) in [4.78, 5) is 4.37. The number of nitrogens with zero attached hydrogens (tertiary/aromatic N) is 1. The molecule has 0 amide bonds. The van der Waals surface area contributed by atoms with Crippen LogP contribution in [0.25, 0.3) is 0 Å². The molecule has 0 saturated heterocycles. The third-order valence-electron chi connectivity index (χ3n) is 2.33. The highest BCUT2D eigenvalue weighted by Gasteiger charge is 2.20. The first-order chi connectivity index (χ1) is 6.17. The molecule has 0 aliphatic heterocycles. The summed E-state index contributed by atoms with van der Waals surface area (Å²) in [6, 6.07) is 6.08. The Morgan fingerprint density at radius 3 is 2.77 bits per heavy atom. The minimum absolute atomic E-state index is 0.162. The van der Waals surface area contributed by atoms with Crippen LogP contribution >= 0.6 is 0 Å². The monoisotopic (exact) mass is 175 g/mol. The van der Waals surface area contributed by atoms with Crippen LogP contribution in [0.1, 0.15) is 32.4 Å². The number of hydrogen-bond acceptors (Lipinski definition) is 1. The second kappa shape index (κ2) is 4.22. The van der Waals surface area contributed by atoms with Gasteiger partial charge >= 0.3 is 0 Å². The van der Waals surface area contributed by atoms with Crippen molar-refractivity contribution < 1.29 is 0 Å². The smallest absolute Gasteiger partial charge is 0.0459 e. The quantitative estimate of drug-likeness (QED) is 0.640. The third kappa shape index (κ3) is 2.69. The molecule has 0 spiro atoms. The van der Waals surface area contributed by atoms with Gasteiger partial charge < -0.3 is 0 Å². The van der Waals surface area contributed by atoms with E-state index in [-0.39, 0.29) is 5.41 Å². The maximum atomic E-state index is 4.37. The fourth-order valence-corrected chi connectivity index (χ4v) is 1.35. The molecule has 1 aromatic heterocycles. The molecule has 70 valence electrons. The Kier molecular flexibility index (Phi) is 3.24. The second-order valence-corrected chi connectivity index (χ2v) is 3.93. The van der Waals surface area contributed by atoms with E-state index < -0.39 is 0 Å². The normalized spacial score (nSPS) is 11.2. The molecule has 1 nitrogen and oxygen atoms in total. The lowest BCUT2D eigenvalue weighted by atomic mass is 9.84. The Bertz CT molecular complexity index is 262. The highest BCUT2D eigenvalue weighted by atomic mass is 14.7. The van der Waals surface area contributed by atoms with Crippen molar-refractivity contribution in [1.29, 1.82) is 0 Å². The first kappa shape index (κ1) is 9.97. The first-order valence-corrected chi connectivity index (χ1v) is 4.69. The van der Waals surface area contributed by atoms with Gasteiger partial charge in [-0.2, -0.15) is 0 Å². The van der Waals surface area contributed by atoms with Gasteiger partial charge in [0.05, 0.1) is 0 Å². The van der Waals surface area contributed by atoms with E-state index in [1.807, 2.05) is 24.4 Å². The summed E-state index contributed by atoms with van der Waals surface area (Å²) >= 11 is 0. The average molecular weight is 175 g/mol. The van der Waals surface area contributed by atoms with Crippen LogP contribution in [0.4, 0.5) is 0 Å². The van der Waals surface area contributed by atoms with E-state index in [1.54, 1.807) is 0 Å². The molecule has 1 rings (SSSR count). The van der Waals surface area contributed by atoms with Crippen molar-refractivity contribution in [1.82, 2.24) is 4.98 Å². The fraction of sp³-hybridized carbons (Fsp3) is 0.417. The van der Waals surface area contributed by atoms with Crippen LogP contribution in [0, 0.1) is 0 Å². The van der Waals surface area contributed by atoms with Crippen molar-refractivity contribution in [3.05, 3.63) is 42.7 Å². The van der Waals surface area contributed by atoms with Gasteiger partial charge in [-0.05, 0) is 25.0 Å². The van der Waals surface area contributed by atoms with Crippen molar-refractivity contribution in [3.8, 4) is 0 Å². The number of pyridine rings is 1. The van der Waals surface area contributed by atoms with E-state index >= 15 is 0 Å². The SMILES string of the molecule is C=CCCC(C)(C)c1ccccn1. The Morgan fingerprint density at radius 1 is 1.46 bits per heavy atom. The van der Waals surface area contributed by atoms with Crippen LogP contribution in [0.3, 0.4) is 0 Å². The molecular formula is C12H17N. The summed E-state index contributed by atoms with van der Waals surface area (Å²) in [6.45, 7) is 8.18. The number of rotatable bonds is 4. The van der Waals surface area contributed by atoms with Crippen molar-refractivity contribution in [2.75, 3.05) is 0 Å². The minimum atomic E-state index is 0.162. The van der Waals surface area contributed by atoms with Crippen molar-refractivity contribution in [2.24, 2.45) is 0 Å². The third-order valence-corrected chi connectivity index (χ3v) is 2.33. The molecule has 0 N–H and O–H groups in total. The largest absolute Gasteiger partial charge is 0.261 e. The zero-order chi connectivity index (χ0) is 9.73. The Balaban J connectivity index is 2.74. The van der Waals surface area contributed by atoms with Crippen LogP contribution in [-0.4, -0.2) is 4.98 Å². The van der Waals surface area contributed by atoms with Crippen LogP contribution < -0.4 is 0 Å². The minimum Gasteiger partial charge on any atom is -0.261 e. The molecule has 13 heavy (non-hydrogen) atoms. The molecular weight excluding hydrogens is 158 g/mol. The number of aromatic nitrogens is 1. The van der Waals surface area contributed by atoms with E-state index in [0.29, 0.717) is 0 Å². The van der Waals surface area contributed by atoms with Crippen LogP contribution in [0.15, 0.2) is 37.1 Å². The Morgan fingerprint density at radius 2 is 2.23 bits per heavy atom. The van der Waals surface area contributed by atoms with Crippen LogP contribution in [0.2, 0.25) is 0 Å². The molecule has 0 aliphatic rings. The second-order valence-electron chi connectivity index (χ2n) is 3.93. The Labute approximate surface area is 80.5 Å². The standard InChI is InChI=1S/C12H17N/c1-4-5-9-12(2,3)11-8-6-7-10-13-11/h4,6-8,10H,1,5,9H2,2-3H3. The van der Waals surface area contributed by atoms with Gasteiger partial charge in [0.15, 0.2) is 0 Å². The molecule has 0 bridgehead atoms. The molecule has 0 fully saturated rings. The molecule has 0 atom stereocenters. The summed E-state index contributed by atoms with van der Waals surface area (Å²) in [6.07, 6.45) is 5.97. The van der Waals surface area contributed by atoms with Gasteiger partial charge in [0.2, 0.25) is 0 Å². The van der Waals surface area contributed by atoms with Gasteiger partial charge in [-0.3, -0.25) is 4.98 Å². The molecule has 1 heterocycles. The molecule has 0 saturated carbocycles. The van der Waals surface area contributed by atoms with E-state index in [1.165, 1.54) is 0 Å². The lowest BCUT2D eigenvalue weighted by molar-refractivity contribution is 0.470. The van der Waals surface area contributed by atoms with Gasteiger partial charge in [-0.25, -0.2) is 0 Å². The van der Waals surface area contributed by atoms with Crippen LogP contribution in [0.5, 0.6) is 0 Å². The highest BCUT2D eigenvalue weighted by Crippen LogP contribution is 2.26. The van der Waals surface area contributed by atoms with E-state index in [9.17, 15) is 0 Å². The summed E-state index contributed by atoms with van der Waals surface area (Å²) in [5.41, 5.74) is 1.33. The molecule has 1 heteroatoms. The predicted octanol–water partition coefficient (Wildman–Crippen LogP) is 3.33. The lowest BCUT2D eigenvalue weighted by Crippen LogP contribution is -2.18. The van der Waals surface area contributed by atoms with Crippen LogP contribution in [-0.2, 0) is 5.41 Å². The summed E-state index contributed by atoms with van der Waals surface area (Å²) in [7, 11) is 0. The number of hydrogen-bond donors (Lipinski definition) is 0. The maximum Gasteiger partial charge on any atom is 0.0459 e. The van der Waals surface area contributed by atoms with Gasteiger partial charge in [-0.1, -0.05) is 26.0 Å². The highest BCUT2D eigenvalue weighted by molar-refractivity contribution is 5.14. The van der Waals surface area contributed by atoms with Crippen molar-refractivity contribution in [2.45, 2.75) is 32.1 Å². The van der Waals surface area contributed by atoms with E-state index in [4.69, 9.17) is 0 Å².